The maximum Gasteiger partial charge on any atom is 0.343 e. The molecule has 1 amide bonds. The molecule has 0 aliphatic heterocycles. The van der Waals surface area contributed by atoms with Crippen LogP contribution in [-0.2, 0) is 0 Å². The number of amides is 1. The zero-order valence-electron chi connectivity index (χ0n) is 17.2. The third-order valence-electron chi connectivity index (χ3n) is 4.59. The van der Waals surface area contributed by atoms with Crippen LogP contribution in [0.15, 0.2) is 71.8 Å². The van der Waals surface area contributed by atoms with Gasteiger partial charge in [0.05, 0.1) is 23.9 Å². The van der Waals surface area contributed by atoms with Gasteiger partial charge in [-0.15, -0.1) is 11.3 Å². The molecular weight excluding hydrogens is 483 g/mol. The maximum atomic E-state index is 12.5. The number of ether oxygens (including phenoxy) is 2. The number of benzene rings is 3. The Bertz CT molecular complexity index is 1350. The van der Waals surface area contributed by atoms with Crippen molar-refractivity contribution < 1.29 is 19.1 Å². The van der Waals surface area contributed by atoms with Crippen LogP contribution in [0, 0.1) is 0 Å². The molecule has 166 valence electrons. The maximum absolute atomic E-state index is 12.5. The van der Waals surface area contributed by atoms with Gasteiger partial charge in [-0.25, -0.2) is 10.2 Å². The first-order valence-corrected chi connectivity index (χ1v) is 11.2. The number of carbonyl (C=O) groups is 2. The standard InChI is InChI=1S/C24H16Cl2N2O4S/c1-31-18-10-11-19-20(12-18)33-22(21(19)26)23(29)28-27-13-14-2-8-17(9-3-14)32-24(30)15-4-6-16(25)7-5-15/h2-13H,1H3,(H,28,29)/b27-13+. The van der Waals surface area contributed by atoms with Crippen molar-refractivity contribution in [3.05, 3.63) is 92.8 Å². The Kier molecular flexibility index (Phi) is 6.93. The molecule has 0 fully saturated rings. The summed E-state index contributed by atoms with van der Waals surface area (Å²) in [6, 6.07) is 18.5. The Morgan fingerprint density at radius 1 is 0.970 bits per heavy atom. The van der Waals surface area contributed by atoms with Crippen LogP contribution in [0.5, 0.6) is 11.5 Å². The number of nitrogens with one attached hydrogen (secondary N) is 1. The topological polar surface area (TPSA) is 77.0 Å². The molecule has 0 aliphatic rings. The Balaban J connectivity index is 1.38. The van der Waals surface area contributed by atoms with Gasteiger partial charge in [-0.2, -0.15) is 5.10 Å². The highest BCUT2D eigenvalue weighted by molar-refractivity contribution is 7.21. The average molecular weight is 499 g/mol. The van der Waals surface area contributed by atoms with E-state index in [1.165, 1.54) is 17.6 Å². The number of carbonyl (C=O) groups excluding carboxylic acids is 2. The lowest BCUT2D eigenvalue weighted by Gasteiger charge is -2.04. The van der Waals surface area contributed by atoms with Crippen molar-refractivity contribution in [3.63, 3.8) is 0 Å². The van der Waals surface area contributed by atoms with Crippen LogP contribution in [-0.4, -0.2) is 25.2 Å². The lowest BCUT2D eigenvalue weighted by molar-refractivity contribution is 0.0734. The molecular formula is C24H16Cl2N2O4S. The molecule has 4 aromatic rings. The normalized spacial score (nSPS) is 11.0. The van der Waals surface area contributed by atoms with Gasteiger partial charge in [-0.1, -0.05) is 23.2 Å². The monoisotopic (exact) mass is 498 g/mol. The van der Waals surface area contributed by atoms with Crippen molar-refractivity contribution in [2.45, 2.75) is 0 Å². The summed E-state index contributed by atoms with van der Waals surface area (Å²) in [4.78, 5) is 25.0. The molecule has 6 nitrogen and oxygen atoms in total. The van der Waals surface area contributed by atoms with E-state index in [9.17, 15) is 9.59 Å². The van der Waals surface area contributed by atoms with E-state index in [1.807, 2.05) is 12.1 Å². The molecule has 0 saturated carbocycles. The van der Waals surface area contributed by atoms with E-state index in [0.29, 0.717) is 37.5 Å². The lowest BCUT2D eigenvalue weighted by Crippen LogP contribution is -2.16. The van der Waals surface area contributed by atoms with Crippen molar-refractivity contribution in [2.75, 3.05) is 7.11 Å². The molecule has 0 saturated heterocycles. The van der Waals surface area contributed by atoms with Crippen LogP contribution in [0.2, 0.25) is 10.0 Å². The highest BCUT2D eigenvalue weighted by atomic mass is 35.5. The first kappa shape index (κ1) is 22.8. The van der Waals surface area contributed by atoms with Gasteiger partial charge in [0.2, 0.25) is 0 Å². The van der Waals surface area contributed by atoms with Crippen molar-refractivity contribution in [1.82, 2.24) is 5.43 Å². The molecule has 4 rings (SSSR count). The number of rotatable bonds is 6. The molecule has 0 unspecified atom stereocenters. The summed E-state index contributed by atoms with van der Waals surface area (Å²) in [5, 5.41) is 5.68. The Morgan fingerprint density at radius 3 is 2.36 bits per heavy atom. The fourth-order valence-electron chi connectivity index (χ4n) is 2.91. The van der Waals surface area contributed by atoms with Gasteiger partial charge in [-0.05, 0) is 72.3 Å². The summed E-state index contributed by atoms with van der Waals surface area (Å²) in [7, 11) is 1.58. The van der Waals surface area contributed by atoms with E-state index in [0.717, 1.165) is 10.1 Å². The van der Waals surface area contributed by atoms with Crippen molar-refractivity contribution in [3.8, 4) is 11.5 Å². The van der Waals surface area contributed by atoms with Crippen molar-refractivity contribution in [2.24, 2.45) is 5.10 Å². The fourth-order valence-corrected chi connectivity index (χ4v) is 4.47. The molecule has 1 N–H and O–H groups in total. The van der Waals surface area contributed by atoms with Gasteiger partial charge in [0, 0.05) is 15.1 Å². The van der Waals surface area contributed by atoms with Crippen LogP contribution < -0.4 is 14.9 Å². The zero-order valence-corrected chi connectivity index (χ0v) is 19.5. The number of methoxy groups -OCH3 is 1. The molecule has 0 atom stereocenters. The molecule has 1 aromatic heterocycles. The number of esters is 1. The molecule has 1 heterocycles. The summed E-state index contributed by atoms with van der Waals surface area (Å²) >= 11 is 13.4. The van der Waals surface area contributed by atoms with Crippen molar-refractivity contribution >= 4 is 62.7 Å². The minimum absolute atomic E-state index is 0.363. The molecule has 0 bridgehead atoms. The SMILES string of the molecule is COc1ccc2c(Cl)c(C(=O)N/N=C/c3ccc(OC(=O)c4ccc(Cl)cc4)cc3)sc2c1. The predicted molar refractivity (Wildman–Crippen MR) is 131 cm³/mol. The summed E-state index contributed by atoms with van der Waals surface area (Å²) in [5.74, 6) is 0.166. The Hall–Kier alpha value is -3.39. The summed E-state index contributed by atoms with van der Waals surface area (Å²) in [5.41, 5.74) is 3.58. The second-order valence-electron chi connectivity index (χ2n) is 6.77. The third-order valence-corrected chi connectivity index (χ3v) is 6.50. The number of hydrogen-bond acceptors (Lipinski definition) is 6. The van der Waals surface area contributed by atoms with E-state index in [4.69, 9.17) is 32.7 Å². The second-order valence-corrected chi connectivity index (χ2v) is 8.64. The average Bonchev–Trinajstić information content (AvgIpc) is 3.16. The number of nitrogens with zero attached hydrogens (tertiary/aromatic N) is 1. The quantitative estimate of drug-likeness (QED) is 0.148. The van der Waals surface area contributed by atoms with Gasteiger partial charge in [0.25, 0.3) is 5.91 Å². The third kappa shape index (κ3) is 5.34. The zero-order chi connectivity index (χ0) is 23.4. The lowest BCUT2D eigenvalue weighted by atomic mass is 10.2. The van der Waals surface area contributed by atoms with Gasteiger partial charge in [-0.3, -0.25) is 4.79 Å². The smallest absolute Gasteiger partial charge is 0.343 e. The number of hydrogen-bond donors (Lipinski definition) is 1. The second kappa shape index (κ2) is 10.0. The minimum atomic E-state index is -0.488. The van der Waals surface area contributed by atoms with Crippen LogP contribution in [0.25, 0.3) is 10.1 Å². The van der Waals surface area contributed by atoms with Gasteiger partial charge >= 0.3 is 5.97 Å². The molecule has 0 spiro atoms. The van der Waals surface area contributed by atoms with Gasteiger partial charge < -0.3 is 9.47 Å². The first-order valence-electron chi connectivity index (χ1n) is 9.62. The van der Waals surface area contributed by atoms with Crippen LogP contribution in [0.4, 0.5) is 0 Å². The summed E-state index contributed by atoms with van der Waals surface area (Å²) in [6.45, 7) is 0. The number of hydrazone groups is 1. The molecule has 33 heavy (non-hydrogen) atoms. The Labute approximate surface area is 203 Å². The van der Waals surface area contributed by atoms with Crippen LogP contribution >= 0.6 is 34.5 Å². The summed E-state index contributed by atoms with van der Waals surface area (Å²) in [6.07, 6.45) is 1.48. The van der Waals surface area contributed by atoms with E-state index >= 15 is 0 Å². The largest absolute Gasteiger partial charge is 0.497 e. The van der Waals surface area contributed by atoms with Crippen LogP contribution in [0.1, 0.15) is 25.6 Å². The first-order chi connectivity index (χ1) is 15.9. The predicted octanol–water partition coefficient (Wildman–Crippen LogP) is 6.20. The number of fused-ring (bicyclic) bond motifs is 1. The highest BCUT2D eigenvalue weighted by Gasteiger charge is 2.17. The van der Waals surface area contributed by atoms with Gasteiger partial charge in [0.15, 0.2) is 0 Å². The van der Waals surface area contributed by atoms with E-state index in [2.05, 4.69) is 10.5 Å². The molecule has 9 heteroatoms. The van der Waals surface area contributed by atoms with E-state index < -0.39 is 11.9 Å². The fraction of sp³-hybridized carbons (Fsp3) is 0.0417. The van der Waals surface area contributed by atoms with Crippen LogP contribution in [0.3, 0.4) is 0 Å². The van der Waals surface area contributed by atoms with E-state index in [-0.39, 0.29) is 0 Å². The highest BCUT2D eigenvalue weighted by Crippen LogP contribution is 2.37. The molecule has 0 radical (unpaired) electrons. The Morgan fingerprint density at radius 2 is 1.67 bits per heavy atom. The number of halogens is 2. The molecule has 3 aromatic carbocycles. The summed E-state index contributed by atoms with van der Waals surface area (Å²) < 4.78 is 11.4. The number of thiophene rings is 1. The van der Waals surface area contributed by atoms with Gasteiger partial charge in [0.1, 0.15) is 16.4 Å². The van der Waals surface area contributed by atoms with Crippen molar-refractivity contribution in [1.29, 1.82) is 0 Å². The molecule has 0 aliphatic carbocycles. The minimum Gasteiger partial charge on any atom is -0.497 e. The van der Waals surface area contributed by atoms with E-state index in [1.54, 1.807) is 61.7 Å².